The molecule has 0 amide bonds. The maximum Gasteiger partial charge on any atom is 0.343 e. The van der Waals surface area contributed by atoms with Gasteiger partial charge in [0.2, 0.25) is 0 Å². The molecular weight excluding hydrogens is 334 g/mol. The largest absolute Gasteiger partial charge is 0.462 e. The first-order chi connectivity index (χ1) is 12.4. The molecule has 0 bridgehead atoms. The van der Waals surface area contributed by atoms with Gasteiger partial charge in [0.25, 0.3) is 5.56 Å². The van der Waals surface area contributed by atoms with Gasteiger partial charge < -0.3 is 14.5 Å². The van der Waals surface area contributed by atoms with Crippen LogP contribution in [0.15, 0.2) is 35.3 Å². The van der Waals surface area contributed by atoms with Crippen molar-refractivity contribution in [2.45, 2.75) is 39.0 Å². The molecule has 26 heavy (non-hydrogen) atoms. The number of aromatic amines is 1. The highest BCUT2D eigenvalue weighted by molar-refractivity contribution is 5.94. The van der Waals surface area contributed by atoms with Crippen LogP contribution in [-0.2, 0) is 9.53 Å². The first-order valence-electron chi connectivity index (χ1n) is 8.65. The lowest BCUT2D eigenvalue weighted by Crippen LogP contribution is -2.30. The van der Waals surface area contributed by atoms with Gasteiger partial charge in [-0.15, -0.1) is 0 Å². The van der Waals surface area contributed by atoms with Gasteiger partial charge >= 0.3 is 11.9 Å². The maximum atomic E-state index is 12.5. The van der Waals surface area contributed by atoms with Crippen LogP contribution in [0.25, 0.3) is 0 Å². The van der Waals surface area contributed by atoms with Crippen molar-refractivity contribution in [2.24, 2.45) is 0 Å². The molecule has 1 aromatic heterocycles. The number of rotatable bonds is 4. The van der Waals surface area contributed by atoms with Crippen LogP contribution in [-0.4, -0.2) is 23.5 Å². The van der Waals surface area contributed by atoms with Crippen molar-refractivity contribution in [3.63, 3.8) is 0 Å². The third-order valence-corrected chi connectivity index (χ3v) is 4.52. The Labute approximate surface area is 151 Å². The fraction of sp³-hybridized carbons (Fsp3) is 0.350. The fourth-order valence-corrected chi connectivity index (χ4v) is 3.14. The topological polar surface area (TPSA) is 85.5 Å². The van der Waals surface area contributed by atoms with Gasteiger partial charge in [0.05, 0.1) is 18.6 Å². The van der Waals surface area contributed by atoms with Crippen LogP contribution in [0.2, 0.25) is 0 Å². The monoisotopic (exact) mass is 355 g/mol. The molecule has 1 N–H and O–H groups in total. The summed E-state index contributed by atoms with van der Waals surface area (Å²) in [4.78, 5) is 39.3. The molecular formula is C20H21NO5. The van der Waals surface area contributed by atoms with Crippen molar-refractivity contribution in [1.82, 2.24) is 4.98 Å². The molecule has 2 heterocycles. The van der Waals surface area contributed by atoms with E-state index in [2.05, 4.69) is 18.8 Å². The summed E-state index contributed by atoms with van der Waals surface area (Å²) >= 11 is 0. The van der Waals surface area contributed by atoms with Crippen LogP contribution in [0.4, 0.5) is 0 Å². The van der Waals surface area contributed by atoms with Crippen molar-refractivity contribution in [3.8, 4) is 5.75 Å². The number of fused-ring (bicyclic) bond motifs is 1. The Kier molecular flexibility index (Phi) is 4.93. The molecule has 0 saturated heterocycles. The molecule has 1 aromatic carbocycles. The zero-order chi connectivity index (χ0) is 18.8. The molecule has 0 radical (unpaired) electrons. The highest BCUT2D eigenvalue weighted by Gasteiger charge is 2.34. The second kappa shape index (κ2) is 7.15. The van der Waals surface area contributed by atoms with Crippen LogP contribution in [0.1, 0.15) is 66.1 Å². The lowest BCUT2D eigenvalue weighted by molar-refractivity contribution is -0.135. The number of hydrogen-bond acceptors (Lipinski definition) is 5. The first kappa shape index (κ1) is 17.9. The second-order valence-electron chi connectivity index (χ2n) is 6.55. The van der Waals surface area contributed by atoms with E-state index >= 15 is 0 Å². The Morgan fingerprint density at radius 2 is 1.96 bits per heavy atom. The van der Waals surface area contributed by atoms with Crippen molar-refractivity contribution in [3.05, 3.63) is 63.1 Å². The molecule has 1 aliphatic heterocycles. The highest BCUT2D eigenvalue weighted by Crippen LogP contribution is 2.38. The molecule has 0 spiro atoms. The van der Waals surface area contributed by atoms with Crippen LogP contribution in [0, 0.1) is 0 Å². The van der Waals surface area contributed by atoms with E-state index in [-0.39, 0.29) is 35.5 Å². The zero-order valence-corrected chi connectivity index (χ0v) is 15.0. The molecule has 1 unspecified atom stereocenters. The number of carbonyl (C=O) groups excluding carboxylic acids is 2. The quantitative estimate of drug-likeness (QED) is 0.852. The van der Waals surface area contributed by atoms with Gasteiger partial charge in [-0.2, -0.15) is 0 Å². The van der Waals surface area contributed by atoms with Crippen LogP contribution >= 0.6 is 0 Å². The Balaban J connectivity index is 2.11. The van der Waals surface area contributed by atoms with E-state index in [0.29, 0.717) is 5.92 Å². The van der Waals surface area contributed by atoms with Gasteiger partial charge in [0.1, 0.15) is 5.56 Å². The molecule has 3 rings (SSSR count). The Bertz CT molecular complexity index is 895. The summed E-state index contributed by atoms with van der Waals surface area (Å²) in [6.07, 6.45) is 1.28. The van der Waals surface area contributed by atoms with E-state index in [1.165, 1.54) is 11.8 Å². The van der Waals surface area contributed by atoms with Gasteiger partial charge in [-0.1, -0.05) is 38.1 Å². The molecule has 6 heteroatoms. The van der Waals surface area contributed by atoms with Crippen LogP contribution in [0.5, 0.6) is 5.75 Å². The van der Waals surface area contributed by atoms with E-state index in [9.17, 15) is 14.4 Å². The Hall–Kier alpha value is -2.89. The zero-order valence-electron chi connectivity index (χ0n) is 15.0. The van der Waals surface area contributed by atoms with Crippen molar-refractivity contribution < 1.29 is 19.1 Å². The second-order valence-corrected chi connectivity index (χ2v) is 6.55. The molecule has 1 atom stereocenters. The number of carbonyl (C=O) groups is 2. The van der Waals surface area contributed by atoms with Crippen molar-refractivity contribution >= 4 is 11.9 Å². The summed E-state index contributed by atoms with van der Waals surface area (Å²) in [7, 11) is 0. The normalized spacial score (nSPS) is 16.2. The van der Waals surface area contributed by atoms with Crippen molar-refractivity contribution in [1.29, 1.82) is 0 Å². The smallest absolute Gasteiger partial charge is 0.343 e. The third kappa shape index (κ3) is 3.27. The van der Waals surface area contributed by atoms with E-state index in [0.717, 1.165) is 5.56 Å². The Morgan fingerprint density at radius 3 is 2.58 bits per heavy atom. The fourth-order valence-electron chi connectivity index (χ4n) is 3.14. The van der Waals surface area contributed by atoms with Crippen LogP contribution < -0.4 is 10.3 Å². The number of hydrogen-bond donors (Lipinski definition) is 1. The molecule has 2 aromatic rings. The molecule has 0 aliphatic carbocycles. The molecule has 0 saturated carbocycles. The van der Waals surface area contributed by atoms with E-state index in [1.807, 2.05) is 24.3 Å². The number of H-pyrrole nitrogens is 1. The number of aromatic nitrogens is 1. The lowest BCUT2D eigenvalue weighted by Gasteiger charge is -2.25. The summed E-state index contributed by atoms with van der Waals surface area (Å²) in [5.74, 6) is -1.20. The minimum Gasteiger partial charge on any atom is -0.462 e. The highest BCUT2D eigenvalue weighted by atomic mass is 16.5. The summed E-state index contributed by atoms with van der Waals surface area (Å²) in [5.41, 5.74) is 1.96. The lowest BCUT2D eigenvalue weighted by atomic mass is 9.85. The van der Waals surface area contributed by atoms with Gasteiger partial charge in [-0.25, -0.2) is 4.79 Å². The van der Waals surface area contributed by atoms with E-state index in [1.54, 1.807) is 6.92 Å². The Morgan fingerprint density at radius 1 is 1.27 bits per heavy atom. The van der Waals surface area contributed by atoms with Gasteiger partial charge in [0, 0.05) is 12.1 Å². The van der Waals surface area contributed by atoms with Gasteiger partial charge in [0.15, 0.2) is 5.75 Å². The van der Waals surface area contributed by atoms with Crippen LogP contribution in [0.3, 0.4) is 0 Å². The predicted molar refractivity (Wildman–Crippen MR) is 95.6 cm³/mol. The molecule has 0 fully saturated rings. The number of benzene rings is 1. The minimum absolute atomic E-state index is 0.00128. The maximum absolute atomic E-state index is 12.5. The predicted octanol–water partition coefficient (Wildman–Crippen LogP) is 3.12. The summed E-state index contributed by atoms with van der Waals surface area (Å²) in [5, 5.41) is 0. The van der Waals surface area contributed by atoms with E-state index in [4.69, 9.17) is 9.47 Å². The number of esters is 2. The molecule has 136 valence electrons. The average Bonchev–Trinajstić information content (AvgIpc) is 2.61. The third-order valence-electron chi connectivity index (χ3n) is 4.52. The number of nitrogens with one attached hydrogen (secondary N) is 1. The average molecular weight is 355 g/mol. The summed E-state index contributed by atoms with van der Waals surface area (Å²) in [6, 6.07) is 7.81. The summed E-state index contributed by atoms with van der Waals surface area (Å²) in [6.45, 7) is 6.05. The standard InChI is InChI=1S/C20H21NO5/c1-4-25-20(24)15-10-21-19(23)17-14(9-16(22)26-18(15)17)13-7-5-12(6-8-13)11(2)3/h5-8,10-11,14H,4,9H2,1-3H3,(H,21,23). The van der Waals surface area contributed by atoms with Gasteiger partial charge in [-0.05, 0) is 24.0 Å². The SMILES string of the molecule is CCOC(=O)c1c[nH]c(=O)c2c1OC(=O)CC2c1ccc(C(C)C)cc1. The van der Waals surface area contributed by atoms with E-state index < -0.39 is 17.9 Å². The molecule has 1 aliphatic rings. The molecule has 6 nitrogen and oxygen atoms in total. The number of pyridine rings is 1. The summed E-state index contributed by atoms with van der Waals surface area (Å²) < 4.78 is 10.3. The first-order valence-corrected chi connectivity index (χ1v) is 8.65. The van der Waals surface area contributed by atoms with Gasteiger partial charge in [-0.3, -0.25) is 9.59 Å². The van der Waals surface area contributed by atoms with Crippen molar-refractivity contribution in [2.75, 3.05) is 6.61 Å². The minimum atomic E-state index is -0.636. The number of ether oxygens (including phenoxy) is 2.